The summed E-state index contributed by atoms with van der Waals surface area (Å²) in [6.07, 6.45) is 1.49. The molecule has 1 aromatic carbocycles. The number of imidazole rings is 1. The first-order valence-corrected chi connectivity index (χ1v) is 5.11. The highest BCUT2D eigenvalue weighted by molar-refractivity contribution is 6.30. The molecule has 2 rings (SSSR count). The molecule has 16 heavy (non-hydrogen) atoms. The van der Waals surface area contributed by atoms with Gasteiger partial charge in [-0.2, -0.15) is 0 Å². The summed E-state index contributed by atoms with van der Waals surface area (Å²) in [5, 5.41) is 3.37. The number of amides is 1. The molecular weight excluding hydrogens is 226 g/mol. The summed E-state index contributed by atoms with van der Waals surface area (Å²) in [5.74, 6) is -0.235. The Morgan fingerprint density at radius 3 is 2.62 bits per heavy atom. The molecule has 0 radical (unpaired) electrons. The summed E-state index contributed by atoms with van der Waals surface area (Å²) in [6, 6.07) is 6.91. The molecule has 0 unspecified atom stereocenters. The van der Waals surface area contributed by atoms with E-state index < -0.39 is 0 Å². The molecule has 1 amide bonds. The second kappa shape index (κ2) is 4.37. The zero-order valence-electron chi connectivity index (χ0n) is 8.62. The molecule has 1 aromatic heterocycles. The minimum Gasteiger partial charge on any atom is -0.348 e. The van der Waals surface area contributed by atoms with Crippen molar-refractivity contribution in [3.8, 4) is 0 Å². The number of nitrogens with one attached hydrogen (secondary N) is 2. The van der Waals surface area contributed by atoms with Gasteiger partial charge in [-0.05, 0) is 31.2 Å². The third-order valence-electron chi connectivity index (χ3n) is 2.15. The molecule has 0 bridgehead atoms. The van der Waals surface area contributed by atoms with Crippen LogP contribution in [-0.2, 0) is 0 Å². The molecule has 1 heterocycles. The highest BCUT2D eigenvalue weighted by Gasteiger charge is 2.11. The van der Waals surface area contributed by atoms with Crippen LogP contribution in [-0.4, -0.2) is 15.9 Å². The Morgan fingerprint density at radius 2 is 2.06 bits per heavy atom. The quantitative estimate of drug-likeness (QED) is 0.841. The van der Waals surface area contributed by atoms with E-state index in [9.17, 15) is 4.79 Å². The summed E-state index contributed by atoms with van der Waals surface area (Å²) in [4.78, 5) is 18.5. The van der Waals surface area contributed by atoms with Crippen LogP contribution in [0.3, 0.4) is 0 Å². The van der Waals surface area contributed by atoms with Gasteiger partial charge in [0.05, 0.1) is 6.33 Å². The van der Waals surface area contributed by atoms with Crippen LogP contribution in [0.25, 0.3) is 0 Å². The molecule has 0 saturated carbocycles. The number of hydrogen-bond acceptors (Lipinski definition) is 2. The van der Waals surface area contributed by atoms with Gasteiger partial charge in [0.1, 0.15) is 5.69 Å². The Bertz CT molecular complexity index is 504. The number of aromatic amines is 1. The van der Waals surface area contributed by atoms with Crippen LogP contribution < -0.4 is 5.32 Å². The molecule has 0 fully saturated rings. The lowest BCUT2D eigenvalue weighted by molar-refractivity contribution is 0.102. The smallest absolute Gasteiger partial charge is 0.276 e. The molecule has 0 aliphatic rings. The van der Waals surface area contributed by atoms with E-state index in [1.807, 2.05) is 0 Å². The van der Waals surface area contributed by atoms with Crippen LogP contribution in [0.1, 0.15) is 16.2 Å². The minimum atomic E-state index is -0.235. The number of carbonyl (C=O) groups excluding carboxylic acids is 1. The van der Waals surface area contributed by atoms with E-state index in [-0.39, 0.29) is 5.91 Å². The van der Waals surface area contributed by atoms with Gasteiger partial charge in [0.25, 0.3) is 5.91 Å². The molecule has 5 heteroatoms. The van der Waals surface area contributed by atoms with Crippen molar-refractivity contribution in [2.45, 2.75) is 6.92 Å². The molecule has 2 N–H and O–H groups in total. The maximum atomic E-state index is 11.8. The fourth-order valence-electron chi connectivity index (χ4n) is 1.31. The van der Waals surface area contributed by atoms with Crippen LogP contribution in [0.2, 0.25) is 5.02 Å². The average molecular weight is 236 g/mol. The van der Waals surface area contributed by atoms with Crippen LogP contribution in [0, 0.1) is 6.92 Å². The number of hydrogen-bond donors (Lipinski definition) is 2. The molecule has 2 aromatic rings. The van der Waals surface area contributed by atoms with E-state index in [0.29, 0.717) is 16.4 Å². The average Bonchev–Trinajstić information content (AvgIpc) is 2.68. The Balaban J connectivity index is 2.14. The van der Waals surface area contributed by atoms with E-state index in [1.54, 1.807) is 31.2 Å². The van der Waals surface area contributed by atoms with Gasteiger partial charge in [0.15, 0.2) is 0 Å². The number of rotatable bonds is 2. The normalized spacial score (nSPS) is 10.1. The van der Waals surface area contributed by atoms with Crippen molar-refractivity contribution in [1.82, 2.24) is 9.97 Å². The maximum Gasteiger partial charge on any atom is 0.276 e. The van der Waals surface area contributed by atoms with Crippen molar-refractivity contribution in [2.75, 3.05) is 5.32 Å². The van der Waals surface area contributed by atoms with E-state index in [1.165, 1.54) is 6.33 Å². The lowest BCUT2D eigenvalue weighted by atomic mass is 10.3. The largest absolute Gasteiger partial charge is 0.348 e. The van der Waals surface area contributed by atoms with Gasteiger partial charge in [0, 0.05) is 16.4 Å². The number of aryl methyl sites for hydroxylation is 1. The van der Waals surface area contributed by atoms with E-state index in [0.717, 1.165) is 5.69 Å². The van der Waals surface area contributed by atoms with E-state index >= 15 is 0 Å². The highest BCUT2D eigenvalue weighted by atomic mass is 35.5. The van der Waals surface area contributed by atoms with Crippen molar-refractivity contribution in [1.29, 1.82) is 0 Å². The highest BCUT2D eigenvalue weighted by Crippen LogP contribution is 2.14. The van der Waals surface area contributed by atoms with Gasteiger partial charge < -0.3 is 10.3 Å². The Morgan fingerprint density at radius 1 is 1.38 bits per heavy atom. The predicted octanol–water partition coefficient (Wildman–Crippen LogP) is 2.62. The van der Waals surface area contributed by atoms with Crippen LogP contribution in [0.15, 0.2) is 30.6 Å². The van der Waals surface area contributed by atoms with Gasteiger partial charge in [-0.15, -0.1) is 0 Å². The molecule has 0 saturated heterocycles. The fourth-order valence-corrected chi connectivity index (χ4v) is 1.44. The number of aromatic nitrogens is 2. The first-order valence-electron chi connectivity index (χ1n) is 4.73. The Kier molecular flexibility index (Phi) is 2.92. The van der Waals surface area contributed by atoms with Gasteiger partial charge >= 0.3 is 0 Å². The predicted molar refractivity (Wildman–Crippen MR) is 62.7 cm³/mol. The number of anilines is 1. The molecule has 0 aliphatic carbocycles. The zero-order chi connectivity index (χ0) is 11.5. The van der Waals surface area contributed by atoms with Crippen molar-refractivity contribution < 1.29 is 4.79 Å². The Labute approximate surface area is 97.7 Å². The molecular formula is C11H10ClN3O. The van der Waals surface area contributed by atoms with Crippen molar-refractivity contribution in [3.05, 3.63) is 47.0 Å². The van der Waals surface area contributed by atoms with Crippen molar-refractivity contribution in [3.63, 3.8) is 0 Å². The minimum absolute atomic E-state index is 0.235. The number of carbonyl (C=O) groups is 1. The van der Waals surface area contributed by atoms with Crippen LogP contribution in [0.4, 0.5) is 5.69 Å². The van der Waals surface area contributed by atoms with E-state index in [2.05, 4.69) is 15.3 Å². The van der Waals surface area contributed by atoms with Gasteiger partial charge in [0.2, 0.25) is 0 Å². The zero-order valence-corrected chi connectivity index (χ0v) is 9.38. The summed E-state index contributed by atoms with van der Waals surface area (Å²) < 4.78 is 0. The third-order valence-corrected chi connectivity index (χ3v) is 2.40. The summed E-state index contributed by atoms with van der Waals surface area (Å²) >= 11 is 5.74. The van der Waals surface area contributed by atoms with Gasteiger partial charge in [-0.3, -0.25) is 4.79 Å². The van der Waals surface area contributed by atoms with Crippen molar-refractivity contribution in [2.24, 2.45) is 0 Å². The third kappa shape index (κ3) is 2.23. The molecule has 82 valence electrons. The van der Waals surface area contributed by atoms with E-state index in [4.69, 9.17) is 11.6 Å². The lowest BCUT2D eigenvalue weighted by Gasteiger charge is -2.03. The molecule has 0 aliphatic heterocycles. The number of nitrogens with zero attached hydrogens (tertiary/aromatic N) is 1. The van der Waals surface area contributed by atoms with Gasteiger partial charge in [-0.25, -0.2) is 4.98 Å². The lowest BCUT2D eigenvalue weighted by Crippen LogP contribution is -2.13. The number of benzene rings is 1. The van der Waals surface area contributed by atoms with Crippen LogP contribution in [0.5, 0.6) is 0 Å². The topological polar surface area (TPSA) is 57.8 Å². The first-order chi connectivity index (χ1) is 7.66. The standard InChI is InChI=1S/C11H10ClN3O/c1-7-10(14-6-13-7)11(16)15-9-4-2-8(12)3-5-9/h2-6H,1H3,(H,13,14)(H,15,16). The SMILES string of the molecule is Cc1[nH]cnc1C(=O)Nc1ccc(Cl)cc1. The maximum absolute atomic E-state index is 11.8. The number of halogens is 1. The fraction of sp³-hybridized carbons (Fsp3) is 0.0909. The van der Waals surface area contributed by atoms with Crippen molar-refractivity contribution >= 4 is 23.2 Å². The second-order valence-corrected chi connectivity index (χ2v) is 3.77. The first kappa shape index (κ1) is 10.7. The van der Waals surface area contributed by atoms with Gasteiger partial charge in [-0.1, -0.05) is 11.6 Å². The molecule has 0 atom stereocenters. The molecule has 0 spiro atoms. The monoisotopic (exact) mass is 235 g/mol. The Hall–Kier alpha value is -1.81. The molecule has 4 nitrogen and oxygen atoms in total. The summed E-state index contributed by atoms with van der Waals surface area (Å²) in [5.41, 5.74) is 1.83. The van der Waals surface area contributed by atoms with Crippen LogP contribution >= 0.6 is 11.6 Å². The number of H-pyrrole nitrogens is 1. The summed E-state index contributed by atoms with van der Waals surface area (Å²) in [6.45, 7) is 1.80. The second-order valence-electron chi connectivity index (χ2n) is 3.34. The summed E-state index contributed by atoms with van der Waals surface area (Å²) in [7, 11) is 0.